The second-order valence-corrected chi connectivity index (χ2v) is 22.2. The third-order valence-electron chi connectivity index (χ3n) is 9.96. The summed E-state index contributed by atoms with van der Waals surface area (Å²) in [5, 5.41) is 13.2. The molecule has 268 valence electrons. The van der Waals surface area contributed by atoms with Crippen molar-refractivity contribution in [2.45, 2.75) is 136 Å². The minimum Gasteiger partial charge on any atom is -0.493 e. The largest absolute Gasteiger partial charge is 0.493 e. The average molecular weight is 692 g/mol. The SMILES string of the molecule is Cc1c(C(=O)N[C@H]2CC[C@@H](N(C(=O)O)C(C)(C)C)CC2)c2ncnc(-c3cc(C(C)C)ccc3OCC3CC3)c2n1COCC[Si](C)(C)C. The number of hydrogen-bond acceptors (Lipinski definition) is 6. The summed E-state index contributed by atoms with van der Waals surface area (Å²) in [7, 11) is -1.31. The van der Waals surface area contributed by atoms with Crippen molar-refractivity contribution in [1.82, 2.24) is 24.8 Å². The van der Waals surface area contributed by atoms with Gasteiger partial charge in [-0.3, -0.25) is 4.79 Å². The maximum absolute atomic E-state index is 14.2. The first kappa shape index (κ1) is 36.8. The van der Waals surface area contributed by atoms with Gasteiger partial charge in [-0.15, -0.1) is 0 Å². The summed E-state index contributed by atoms with van der Waals surface area (Å²) in [6, 6.07) is 7.26. The van der Waals surface area contributed by atoms with Gasteiger partial charge in [0.25, 0.3) is 5.91 Å². The normalized spacial score (nSPS) is 18.6. The maximum atomic E-state index is 14.2. The van der Waals surface area contributed by atoms with E-state index in [1.54, 1.807) is 11.2 Å². The van der Waals surface area contributed by atoms with E-state index in [0.29, 0.717) is 61.8 Å². The molecule has 3 aromatic rings. The Labute approximate surface area is 293 Å². The summed E-state index contributed by atoms with van der Waals surface area (Å²) < 4.78 is 14.8. The van der Waals surface area contributed by atoms with Gasteiger partial charge in [-0.1, -0.05) is 39.6 Å². The molecule has 5 rings (SSSR count). The Morgan fingerprint density at radius 1 is 1.08 bits per heavy atom. The molecule has 2 heterocycles. The topological polar surface area (TPSA) is 119 Å². The summed E-state index contributed by atoms with van der Waals surface area (Å²) in [5.41, 5.74) is 4.98. The van der Waals surface area contributed by atoms with E-state index in [0.717, 1.165) is 34.3 Å². The minimum absolute atomic E-state index is 0.0587. The molecule has 10 nitrogen and oxygen atoms in total. The Balaban J connectivity index is 1.49. The fourth-order valence-corrected chi connectivity index (χ4v) is 7.65. The Bertz CT molecular complexity index is 1640. The molecule has 0 aliphatic heterocycles. The molecule has 0 bridgehead atoms. The number of hydrogen-bond donors (Lipinski definition) is 2. The summed E-state index contributed by atoms with van der Waals surface area (Å²) in [6.07, 6.45) is 5.85. The molecule has 2 N–H and O–H groups in total. The van der Waals surface area contributed by atoms with Crippen molar-refractivity contribution >= 4 is 31.1 Å². The number of carbonyl (C=O) groups excluding carboxylic acids is 1. The molecule has 0 saturated heterocycles. The van der Waals surface area contributed by atoms with Crippen LogP contribution in [0, 0.1) is 12.8 Å². The van der Waals surface area contributed by atoms with Gasteiger partial charge >= 0.3 is 6.09 Å². The van der Waals surface area contributed by atoms with Crippen LogP contribution in [0.3, 0.4) is 0 Å². The Kier molecular flexibility index (Phi) is 11.1. The monoisotopic (exact) mass is 691 g/mol. The lowest BCUT2D eigenvalue weighted by molar-refractivity contribution is 0.0519. The molecule has 2 saturated carbocycles. The number of fused-ring (bicyclic) bond motifs is 1. The van der Waals surface area contributed by atoms with Gasteiger partial charge in [-0.2, -0.15) is 0 Å². The van der Waals surface area contributed by atoms with E-state index in [4.69, 9.17) is 19.4 Å². The molecule has 49 heavy (non-hydrogen) atoms. The van der Waals surface area contributed by atoms with Gasteiger partial charge in [-0.05, 0) is 102 Å². The number of carboxylic acid groups (broad SMARTS) is 1. The number of amides is 2. The van der Waals surface area contributed by atoms with Crippen LogP contribution in [0.15, 0.2) is 24.5 Å². The molecule has 2 aliphatic carbocycles. The summed E-state index contributed by atoms with van der Waals surface area (Å²) in [4.78, 5) is 37.4. The lowest BCUT2D eigenvalue weighted by atomic mass is 9.88. The van der Waals surface area contributed by atoms with E-state index >= 15 is 0 Å². The highest BCUT2D eigenvalue weighted by molar-refractivity contribution is 6.76. The fraction of sp³-hybridized carbons (Fsp3) is 0.632. The van der Waals surface area contributed by atoms with Gasteiger partial charge in [0.05, 0.1) is 17.7 Å². The molecule has 0 unspecified atom stereocenters. The second-order valence-electron chi connectivity index (χ2n) is 16.6. The van der Waals surface area contributed by atoms with E-state index in [1.165, 1.54) is 18.4 Å². The van der Waals surface area contributed by atoms with Crippen molar-refractivity contribution in [3.05, 3.63) is 41.3 Å². The van der Waals surface area contributed by atoms with Crippen LogP contribution >= 0.6 is 0 Å². The molecule has 1 aromatic carbocycles. The molecule has 2 fully saturated rings. The van der Waals surface area contributed by atoms with E-state index in [1.807, 2.05) is 27.7 Å². The molecule has 11 heteroatoms. The molecule has 0 radical (unpaired) electrons. The van der Waals surface area contributed by atoms with Gasteiger partial charge in [-0.25, -0.2) is 14.8 Å². The molecule has 2 aromatic heterocycles. The van der Waals surface area contributed by atoms with E-state index in [2.05, 4.69) is 61.6 Å². The van der Waals surface area contributed by atoms with Crippen LogP contribution in [-0.2, 0) is 11.5 Å². The van der Waals surface area contributed by atoms with Crippen molar-refractivity contribution in [1.29, 1.82) is 0 Å². The Morgan fingerprint density at radius 2 is 1.78 bits per heavy atom. The molecular weight excluding hydrogens is 635 g/mol. The van der Waals surface area contributed by atoms with Crippen LogP contribution in [0.4, 0.5) is 4.79 Å². The first-order chi connectivity index (χ1) is 23.0. The highest BCUT2D eigenvalue weighted by atomic mass is 28.3. The number of nitrogens with zero attached hydrogens (tertiary/aromatic N) is 4. The number of aromatic nitrogens is 3. The van der Waals surface area contributed by atoms with Crippen LogP contribution in [-0.4, -0.2) is 75.5 Å². The molecule has 2 amide bonds. The maximum Gasteiger partial charge on any atom is 0.407 e. The summed E-state index contributed by atoms with van der Waals surface area (Å²) >= 11 is 0. The van der Waals surface area contributed by atoms with Gasteiger partial charge in [0.1, 0.15) is 30.0 Å². The zero-order valence-corrected chi connectivity index (χ0v) is 32.1. The second kappa shape index (κ2) is 14.8. The highest BCUT2D eigenvalue weighted by Gasteiger charge is 2.36. The molecule has 2 aliphatic rings. The van der Waals surface area contributed by atoms with Gasteiger partial charge in [0.15, 0.2) is 0 Å². The molecule has 0 atom stereocenters. The Morgan fingerprint density at radius 3 is 2.37 bits per heavy atom. The van der Waals surface area contributed by atoms with Crippen molar-refractivity contribution in [3.8, 4) is 17.0 Å². The van der Waals surface area contributed by atoms with Crippen molar-refractivity contribution in [3.63, 3.8) is 0 Å². The smallest absolute Gasteiger partial charge is 0.407 e. The Hall–Kier alpha value is -3.44. The lowest BCUT2D eigenvalue weighted by Crippen LogP contribution is -2.53. The van der Waals surface area contributed by atoms with Gasteiger partial charge in [0.2, 0.25) is 0 Å². The summed E-state index contributed by atoms with van der Waals surface area (Å²) in [6.45, 7) is 20.7. The van der Waals surface area contributed by atoms with Crippen LogP contribution in [0.25, 0.3) is 22.3 Å². The average Bonchev–Trinajstić information content (AvgIpc) is 3.79. The number of ether oxygens (including phenoxy) is 2. The van der Waals surface area contributed by atoms with Crippen LogP contribution < -0.4 is 10.1 Å². The van der Waals surface area contributed by atoms with Crippen molar-refractivity contribution < 1.29 is 24.2 Å². The first-order valence-electron chi connectivity index (χ1n) is 18.1. The van der Waals surface area contributed by atoms with Crippen molar-refractivity contribution in [2.75, 3.05) is 13.2 Å². The first-order valence-corrected chi connectivity index (χ1v) is 21.8. The quantitative estimate of drug-likeness (QED) is 0.136. The number of rotatable bonds is 13. The van der Waals surface area contributed by atoms with Gasteiger partial charge < -0.3 is 29.4 Å². The molecule has 0 spiro atoms. The fourth-order valence-electron chi connectivity index (χ4n) is 6.89. The van der Waals surface area contributed by atoms with Crippen molar-refractivity contribution in [2.24, 2.45) is 5.92 Å². The predicted molar refractivity (Wildman–Crippen MR) is 197 cm³/mol. The predicted octanol–water partition coefficient (Wildman–Crippen LogP) is 8.45. The third kappa shape index (κ3) is 8.84. The van der Waals surface area contributed by atoms with Gasteiger partial charge in [0, 0.05) is 43.6 Å². The van der Waals surface area contributed by atoms with E-state index < -0.39 is 19.7 Å². The third-order valence-corrected chi connectivity index (χ3v) is 11.7. The number of benzene rings is 1. The zero-order chi connectivity index (χ0) is 35.7. The van der Waals surface area contributed by atoms with Crippen LogP contribution in [0.5, 0.6) is 5.75 Å². The summed E-state index contributed by atoms with van der Waals surface area (Å²) in [5.74, 6) is 1.52. The highest BCUT2D eigenvalue weighted by Crippen LogP contribution is 2.39. The number of carbonyl (C=O) groups is 2. The van der Waals surface area contributed by atoms with Crippen LogP contribution in [0.2, 0.25) is 25.7 Å². The number of nitrogens with one attached hydrogen (secondary N) is 1. The minimum atomic E-state index is -1.31. The van der Waals surface area contributed by atoms with E-state index in [9.17, 15) is 14.7 Å². The zero-order valence-electron chi connectivity index (χ0n) is 31.1. The molecular formula is C38H57N5O5Si. The van der Waals surface area contributed by atoms with E-state index in [-0.39, 0.29) is 24.7 Å². The standard InChI is InChI=1S/C38H57N5O5Si/c1-24(2)27-12-17-31(48-21-26-10-11-26)30(20-27)33-35-34(40-22-39-33)32(25(3)42(35)23-47-18-19-49(7,8)9)36(44)41-28-13-15-29(16-14-28)43(37(45)46)38(4,5)6/h12,17,20,22,24,26,28-29H,10-11,13-16,18-19,21,23H2,1-9H3,(H,41,44)(H,45,46)/t28-,29+. The van der Waals surface area contributed by atoms with Crippen LogP contribution in [0.1, 0.15) is 101 Å². The lowest BCUT2D eigenvalue weighted by Gasteiger charge is -2.42.